The van der Waals surface area contributed by atoms with E-state index in [1.807, 2.05) is 6.92 Å². The fraction of sp³-hybridized carbons (Fsp3) is 0.286. The SMILES string of the molecule is C=C(OCC)c1nc(Cl)cs1. The number of hydrogen-bond donors (Lipinski definition) is 0. The van der Waals surface area contributed by atoms with E-state index in [2.05, 4.69) is 11.6 Å². The molecule has 0 unspecified atom stereocenters. The predicted molar refractivity (Wildman–Crippen MR) is 47.8 cm³/mol. The van der Waals surface area contributed by atoms with Crippen LogP contribution in [0.25, 0.3) is 5.76 Å². The van der Waals surface area contributed by atoms with Crippen molar-refractivity contribution in [1.82, 2.24) is 4.98 Å². The molecule has 11 heavy (non-hydrogen) atoms. The van der Waals surface area contributed by atoms with Gasteiger partial charge in [-0.2, -0.15) is 0 Å². The van der Waals surface area contributed by atoms with E-state index in [1.54, 1.807) is 5.38 Å². The molecule has 0 aliphatic carbocycles. The highest BCUT2D eigenvalue weighted by Crippen LogP contribution is 2.21. The summed E-state index contributed by atoms with van der Waals surface area (Å²) in [6.45, 7) is 6.21. The highest BCUT2D eigenvalue weighted by Gasteiger charge is 2.03. The second-order valence-electron chi connectivity index (χ2n) is 1.83. The Morgan fingerprint density at radius 3 is 3.09 bits per heavy atom. The molecule has 60 valence electrons. The Morgan fingerprint density at radius 2 is 2.64 bits per heavy atom. The maximum atomic E-state index is 5.61. The summed E-state index contributed by atoms with van der Waals surface area (Å²) >= 11 is 7.04. The van der Waals surface area contributed by atoms with E-state index >= 15 is 0 Å². The molecule has 0 bridgehead atoms. The van der Waals surface area contributed by atoms with Crippen molar-refractivity contribution < 1.29 is 4.74 Å². The summed E-state index contributed by atoms with van der Waals surface area (Å²) in [6.07, 6.45) is 0. The molecule has 0 aliphatic rings. The molecule has 1 aromatic heterocycles. The van der Waals surface area contributed by atoms with Crippen molar-refractivity contribution >= 4 is 28.7 Å². The summed E-state index contributed by atoms with van der Waals surface area (Å²) in [4.78, 5) is 3.99. The van der Waals surface area contributed by atoms with Crippen molar-refractivity contribution in [1.29, 1.82) is 0 Å². The van der Waals surface area contributed by atoms with Crippen molar-refractivity contribution in [3.05, 3.63) is 22.1 Å². The normalized spacial score (nSPS) is 9.64. The van der Waals surface area contributed by atoms with Gasteiger partial charge >= 0.3 is 0 Å². The van der Waals surface area contributed by atoms with E-state index in [-0.39, 0.29) is 0 Å². The average molecular weight is 190 g/mol. The molecule has 0 saturated heterocycles. The highest BCUT2D eigenvalue weighted by atomic mass is 35.5. The van der Waals surface area contributed by atoms with Crippen LogP contribution in [0.4, 0.5) is 0 Å². The number of nitrogens with zero attached hydrogens (tertiary/aromatic N) is 1. The first-order valence-electron chi connectivity index (χ1n) is 3.17. The first-order chi connectivity index (χ1) is 5.24. The lowest BCUT2D eigenvalue weighted by atomic mass is 10.6. The lowest BCUT2D eigenvalue weighted by Gasteiger charge is -2.00. The molecule has 4 heteroatoms. The smallest absolute Gasteiger partial charge is 0.159 e. The van der Waals surface area contributed by atoms with Crippen LogP contribution in [0.3, 0.4) is 0 Å². The maximum Gasteiger partial charge on any atom is 0.159 e. The van der Waals surface area contributed by atoms with Crippen LogP contribution in [-0.4, -0.2) is 11.6 Å². The van der Waals surface area contributed by atoms with Gasteiger partial charge in [-0.1, -0.05) is 18.2 Å². The maximum absolute atomic E-state index is 5.61. The number of thiazole rings is 1. The standard InChI is InChI=1S/C7H8ClNOS/c1-3-10-5(2)7-9-6(8)4-11-7/h4H,2-3H2,1H3. The minimum Gasteiger partial charge on any atom is -0.491 e. The summed E-state index contributed by atoms with van der Waals surface area (Å²) in [5, 5.41) is 2.99. The molecule has 0 aromatic carbocycles. The van der Waals surface area contributed by atoms with E-state index < -0.39 is 0 Å². The topological polar surface area (TPSA) is 22.1 Å². The largest absolute Gasteiger partial charge is 0.491 e. The van der Waals surface area contributed by atoms with Gasteiger partial charge in [0.1, 0.15) is 10.9 Å². The fourth-order valence-corrected chi connectivity index (χ4v) is 1.49. The number of rotatable bonds is 3. The van der Waals surface area contributed by atoms with Crippen LogP contribution in [0.5, 0.6) is 0 Å². The van der Waals surface area contributed by atoms with Gasteiger partial charge in [-0.25, -0.2) is 4.98 Å². The van der Waals surface area contributed by atoms with E-state index in [4.69, 9.17) is 16.3 Å². The fourth-order valence-electron chi connectivity index (χ4n) is 0.618. The minimum atomic E-state index is 0.492. The molecular formula is C7H8ClNOS. The van der Waals surface area contributed by atoms with Crippen molar-refractivity contribution in [2.24, 2.45) is 0 Å². The van der Waals surface area contributed by atoms with Crippen LogP contribution in [0, 0.1) is 0 Å². The van der Waals surface area contributed by atoms with Gasteiger partial charge in [0.15, 0.2) is 5.01 Å². The van der Waals surface area contributed by atoms with Crippen molar-refractivity contribution in [2.75, 3.05) is 6.61 Å². The summed E-state index contributed by atoms with van der Waals surface area (Å²) in [5.74, 6) is 0.587. The summed E-state index contributed by atoms with van der Waals surface area (Å²) < 4.78 is 5.14. The van der Waals surface area contributed by atoms with Crippen molar-refractivity contribution in [3.8, 4) is 0 Å². The molecule has 0 spiro atoms. The number of hydrogen-bond acceptors (Lipinski definition) is 3. The third-order valence-electron chi connectivity index (χ3n) is 1.03. The Hall–Kier alpha value is -0.540. The second-order valence-corrected chi connectivity index (χ2v) is 3.08. The molecule has 0 aliphatic heterocycles. The van der Waals surface area contributed by atoms with Gasteiger partial charge < -0.3 is 4.74 Å². The number of aromatic nitrogens is 1. The average Bonchev–Trinajstić information content (AvgIpc) is 2.36. The Morgan fingerprint density at radius 1 is 1.91 bits per heavy atom. The predicted octanol–water partition coefficient (Wildman–Crippen LogP) is 2.80. The van der Waals surface area contributed by atoms with Crippen LogP contribution in [-0.2, 0) is 4.74 Å². The lowest BCUT2D eigenvalue weighted by Crippen LogP contribution is -1.88. The van der Waals surface area contributed by atoms with Crippen LogP contribution >= 0.6 is 22.9 Å². The third-order valence-corrected chi connectivity index (χ3v) is 2.24. The third kappa shape index (κ3) is 2.20. The van der Waals surface area contributed by atoms with Gasteiger partial charge in [0, 0.05) is 5.38 Å². The molecular weight excluding hydrogens is 182 g/mol. The first kappa shape index (κ1) is 8.56. The Balaban J connectivity index is 2.69. The Bertz CT molecular complexity index is 259. The highest BCUT2D eigenvalue weighted by molar-refractivity contribution is 7.11. The molecule has 0 amide bonds. The molecule has 1 heterocycles. The first-order valence-corrected chi connectivity index (χ1v) is 4.43. The zero-order valence-corrected chi connectivity index (χ0v) is 7.71. The van der Waals surface area contributed by atoms with Crippen molar-refractivity contribution in [3.63, 3.8) is 0 Å². The molecule has 1 aromatic rings. The Kier molecular flexibility index (Phi) is 2.91. The van der Waals surface area contributed by atoms with Gasteiger partial charge in [0.05, 0.1) is 6.61 Å². The van der Waals surface area contributed by atoms with Crippen LogP contribution in [0.2, 0.25) is 5.15 Å². The van der Waals surface area contributed by atoms with Gasteiger partial charge in [0.2, 0.25) is 0 Å². The molecule has 0 N–H and O–H groups in total. The van der Waals surface area contributed by atoms with Crippen LogP contribution in [0.1, 0.15) is 11.9 Å². The van der Waals surface area contributed by atoms with Gasteiger partial charge in [-0.15, -0.1) is 11.3 Å². The van der Waals surface area contributed by atoms with Gasteiger partial charge in [-0.3, -0.25) is 0 Å². The van der Waals surface area contributed by atoms with Crippen molar-refractivity contribution in [2.45, 2.75) is 6.92 Å². The quantitative estimate of drug-likeness (QED) is 0.683. The molecule has 0 saturated carbocycles. The minimum absolute atomic E-state index is 0.492. The van der Waals surface area contributed by atoms with E-state index in [0.29, 0.717) is 17.5 Å². The number of halogens is 1. The molecule has 0 radical (unpaired) electrons. The van der Waals surface area contributed by atoms with E-state index in [9.17, 15) is 0 Å². The number of ether oxygens (including phenoxy) is 1. The lowest BCUT2D eigenvalue weighted by molar-refractivity contribution is 0.299. The molecule has 2 nitrogen and oxygen atoms in total. The molecule has 0 atom stereocenters. The van der Waals surface area contributed by atoms with Gasteiger partial charge in [-0.05, 0) is 6.92 Å². The second kappa shape index (κ2) is 3.74. The van der Waals surface area contributed by atoms with Gasteiger partial charge in [0.25, 0.3) is 0 Å². The summed E-state index contributed by atoms with van der Waals surface area (Å²) in [6, 6.07) is 0. The summed E-state index contributed by atoms with van der Waals surface area (Å²) in [7, 11) is 0. The summed E-state index contributed by atoms with van der Waals surface area (Å²) in [5.41, 5.74) is 0. The van der Waals surface area contributed by atoms with E-state index in [0.717, 1.165) is 5.01 Å². The monoisotopic (exact) mass is 189 g/mol. The Labute approximate surface area is 74.5 Å². The zero-order valence-electron chi connectivity index (χ0n) is 6.13. The molecule has 1 rings (SSSR count). The zero-order chi connectivity index (χ0) is 8.27. The van der Waals surface area contributed by atoms with E-state index in [1.165, 1.54) is 11.3 Å². The van der Waals surface area contributed by atoms with Crippen LogP contribution < -0.4 is 0 Å². The van der Waals surface area contributed by atoms with Crippen LogP contribution in [0.15, 0.2) is 12.0 Å². The molecule has 0 fully saturated rings.